The highest BCUT2D eigenvalue weighted by Crippen LogP contribution is 2.58. The van der Waals surface area contributed by atoms with E-state index in [9.17, 15) is 14.4 Å². The van der Waals surface area contributed by atoms with Gasteiger partial charge in [-0.15, -0.1) is 0 Å². The summed E-state index contributed by atoms with van der Waals surface area (Å²) in [6.07, 6.45) is 6.34. The summed E-state index contributed by atoms with van der Waals surface area (Å²) >= 11 is 0. The third kappa shape index (κ3) is 3.90. The van der Waals surface area contributed by atoms with Crippen molar-refractivity contribution < 1.29 is 24.0 Å². The first-order valence-electron chi connectivity index (χ1n) is 9.52. The van der Waals surface area contributed by atoms with Gasteiger partial charge in [0.2, 0.25) is 0 Å². The molecule has 0 unspecified atom stereocenters. The summed E-state index contributed by atoms with van der Waals surface area (Å²) in [6.45, 7) is 10.2. The molecule has 1 N–H and O–H groups in total. The number of nitrogens with zero attached hydrogens (tertiary/aromatic N) is 1. The van der Waals surface area contributed by atoms with Crippen LogP contribution >= 0.6 is 0 Å². The Labute approximate surface area is 165 Å². The molecule has 3 rings (SSSR count). The molecule has 0 aromatic rings. The fourth-order valence-electron chi connectivity index (χ4n) is 3.46. The van der Waals surface area contributed by atoms with Crippen LogP contribution in [-0.2, 0) is 24.0 Å². The van der Waals surface area contributed by atoms with E-state index < -0.39 is 11.9 Å². The molecule has 0 aromatic heterocycles. The lowest BCUT2D eigenvalue weighted by atomic mass is 9.99. The Morgan fingerprint density at radius 1 is 1.21 bits per heavy atom. The number of amides is 2. The summed E-state index contributed by atoms with van der Waals surface area (Å²) < 4.78 is 5.31. The molecule has 1 saturated carbocycles. The van der Waals surface area contributed by atoms with Crippen LogP contribution in [0.15, 0.2) is 35.1 Å². The van der Waals surface area contributed by atoms with Crippen LogP contribution < -0.4 is 5.48 Å². The smallest absolute Gasteiger partial charge is 0.315 e. The molecule has 1 fully saturated rings. The quantitative estimate of drug-likeness (QED) is 0.248. The molecular formula is C21H28N2O5. The number of hydrogen-bond acceptors (Lipinski definition) is 6. The lowest BCUT2D eigenvalue weighted by Crippen LogP contribution is -2.35. The zero-order valence-electron chi connectivity index (χ0n) is 17.1. The second-order valence-corrected chi connectivity index (χ2v) is 9.19. The second kappa shape index (κ2) is 7.20. The number of carbonyl (C=O) groups is 3. The van der Waals surface area contributed by atoms with Crippen LogP contribution in [0, 0.1) is 16.7 Å². The summed E-state index contributed by atoms with van der Waals surface area (Å²) in [7, 11) is 0. The molecule has 7 nitrogen and oxygen atoms in total. The number of esters is 1. The lowest BCUT2D eigenvalue weighted by Gasteiger charge is -2.16. The molecule has 0 saturated heterocycles. The fourth-order valence-corrected chi connectivity index (χ4v) is 3.46. The van der Waals surface area contributed by atoms with E-state index in [0.29, 0.717) is 30.6 Å². The van der Waals surface area contributed by atoms with Crippen LogP contribution in [-0.4, -0.2) is 36.0 Å². The van der Waals surface area contributed by atoms with E-state index in [-0.39, 0.29) is 29.4 Å². The van der Waals surface area contributed by atoms with Crippen molar-refractivity contribution in [1.29, 1.82) is 0 Å². The normalized spacial score (nSPS) is 24.7. The highest BCUT2D eigenvalue weighted by atomic mass is 16.6. The van der Waals surface area contributed by atoms with Crippen molar-refractivity contribution in [2.75, 3.05) is 13.3 Å². The molecule has 0 aromatic carbocycles. The molecule has 0 spiro atoms. The number of allylic oxidation sites excluding steroid dienone is 2. The number of carbonyl (C=O) groups excluding carboxylic acids is 3. The lowest BCUT2D eigenvalue weighted by molar-refractivity contribution is -0.156. The van der Waals surface area contributed by atoms with Crippen molar-refractivity contribution in [3.05, 3.63) is 35.1 Å². The topological polar surface area (TPSA) is 84.9 Å². The fraction of sp³-hybridized carbons (Fsp3) is 0.571. The Hall–Kier alpha value is -2.41. The van der Waals surface area contributed by atoms with Gasteiger partial charge in [0.15, 0.2) is 6.73 Å². The van der Waals surface area contributed by atoms with Gasteiger partial charge in [0.1, 0.15) is 0 Å². The Bertz CT molecular complexity index is 768. The molecule has 3 aliphatic rings. The maximum atomic E-state index is 12.5. The van der Waals surface area contributed by atoms with E-state index in [2.05, 4.69) is 26.3 Å². The Balaban J connectivity index is 1.53. The van der Waals surface area contributed by atoms with Gasteiger partial charge in [-0.3, -0.25) is 24.7 Å². The highest BCUT2D eigenvalue weighted by molar-refractivity contribution is 6.19. The SMILES string of the molecule is CC(C)(C)CONC=C1[C@@H](C(=O)OCN2C(=O)C3=C(CC=CC3)C2=O)C1(C)C. The summed E-state index contributed by atoms with van der Waals surface area (Å²) in [6, 6.07) is 0. The van der Waals surface area contributed by atoms with Crippen LogP contribution in [0.25, 0.3) is 0 Å². The van der Waals surface area contributed by atoms with Crippen LogP contribution in [0.4, 0.5) is 0 Å². The van der Waals surface area contributed by atoms with Crippen molar-refractivity contribution in [3.63, 3.8) is 0 Å². The van der Waals surface area contributed by atoms with Crippen molar-refractivity contribution >= 4 is 17.8 Å². The van der Waals surface area contributed by atoms with E-state index in [4.69, 9.17) is 9.57 Å². The minimum absolute atomic E-state index is 0.0282. The van der Waals surface area contributed by atoms with E-state index in [1.807, 2.05) is 26.0 Å². The zero-order valence-corrected chi connectivity index (χ0v) is 17.1. The number of hydrogen-bond donors (Lipinski definition) is 1. The van der Waals surface area contributed by atoms with Gasteiger partial charge in [0, 0.05) is 22.8 Å². The first-order chi connectivity index (χ1) is 13.0. The maximum absolute atomic E-state index is 12.5. The summed E-state index contributed by atoms with van der Waals surface area (Å²) in [5.74, 6) is -1.59. The highest BCUT2D eigenvalue weighted by Gasteiger charge is 2.58. The third-order valence-corrected chi connectivity index (χ3v) is 5.25. The van der Waals surface area contributed by atoms with Crippen LogP contribution in [0.1, 0.15) is 47.5 Å². The van der Waals surface area contributed by atoms with Gasteiger partial charge >= 0.3 is 5.97 Å². The van der Waals surface area contributed by atoms with Crippen LogP contribution in [0.3, 0.4) is 0 Å². The molecule has 2 amide bonds. The summed E-state index contributed by atoms with van der Waals surface area (Å²) in [5.41, 5.74) is 4.35. The second-order valence-electron chi connectivity index (χ2n) is 9.19. The van der Waals surface area contributed by atoms with Crippen LogP contribution in [0.2, 0.25) is 0 Å². The van der Waals surface area contributed by atoms with Crippen molar-refractivity contribution in [1.82, 2.24) is 10.4 Å². The average Bonchev–Trinajstić information content (AvgIpc) is 3.08. The number of rotatable bonds is 6. The standard InChI is InChI=1S/C21H28N2O5/c1-20(2,3)11-28-22-10-15-16(21(15,4)5)19(26)27-12-23-17(24)13-8-6-7-9-14(13)18(23)25/h6-7,10,16,22H,8-9,11-12H2,1-5H3/t16-/m0/s1. The molecule has 1 heterocycles. The first-order valence-corrected chi connectivity index (χ1v) is 9.52. The van der Waals surface area contributed by atoms with E-state index >= 15 is 0 Å². The van der Waals surface area contributed by atoms with Crippen molar-refractivity contribution in [2.24, 2.45) is 16.7 Å². The number of imide groups is 1. The van der Waals surface area contributed by atoms with E-state index in [1.165, 1.54) is 0 Å². The monoisotopic (exact) mass is 388 g/mol. The van der Waals surface area contributed by atoms with Gasteiger partial charge in [-0.1, -0.05) is 46.8 Å². The molecule has 2 aliphatic carbocycles. The zero-order chi connectivity index (χ0) is 20.7. The summed E-state index contributed by atoms with van der Waals surface area (Å²) in [5, 5.41) is 0. The van der Waals surface area contributed by atoms with Crippen molar-refractivity contribution in [3.8, 4) is 0 Å². The van der Waals surface area contributed by atoms with Gasteiger partial charge in [-0.25, -0.2) is 4.90 Å². The Kier molecular flexibility index (Phi) is 5.23. The average molecular weight is 388 g/mol. The number of ether oxygens (including phenoxy) is 1. The van der Waals surface area contributed by atoms with Crippen molar-refractivity contribution in [2.45, 2.75) is 47.5 Å². The van der Waals surface area contributed by atoms with Crippen LogP contribution in [0.5, 0.6) is 0 Å². The third-order valence-electron chi connectivity index (χ3n) is 5.25. The predicted molar refractivity (Wildman–Crippen MR) is 102 cm³/mol. The van der Waals surface area contributed by atoms with Gasteiger partial charge < -0.3 is 4.74 Å². The predicted octanol–water partition coefficient (Wildman–Crippen LogP) is 2.61. The number of hydroxylamine groups is 1. The van der Waals surface area contributed by atoms with Gasteiger partial charge in [0.25, 0.3) is 11.8 Å². The molecule has 28 heavy (non-hydrogen) atoms. The molecular weight excluding hydrogens is 360 g/mol. The molecule has 1 atom stereocenters. The first kappa shape index (κ1) is 20.3. The van der Waals surface area contributed by atoms with Gasteiger partial charge in [0.05, 0.1) is 12.5 Å². The Morgan fingerprint density at radius 2 is 1.79 bits per heavy atom. The molecule has 0 bridgehead atoms. The van der Waals surface area contributed by atoms with E-state index in [0.717, 1.165) is 10.5 Å². The largest absolute Gasteiger partial charge is 0.443 e. The molecule has 7 heteroatoms. The Morgan fingerprint density at radius 3 is 2.32 bits per heavy atom. The molecule has 1 aliphatic heterocycles. The minimum atomic E-state index is -0.447. The number of nitrogens with one attached hydrogen (secondary N) is 1. The molecule has 152 valence electrons. The summed E-state index contributed by atoms with van der Waals surface area (Å²) in [4.78, 5) is 43.7. The maximum Gasteiger partial charge on any atom is 0.315 e. The van der Waals surface area contributed by atoms with Gasteiger partial charge in [-0.05, 0) is 23.8 Å². The van der Waals surface area contributed by atoms with E-state index in [1.54, 1.807) is 6.20 Å². The minimum Gasteiger partial charge on any atom is -0.443 e. The van der Waals surface area contributed by atoms with Gasteiger partial charge in [-0.2, -0.15) is 0 Å². The molecule has 0 radical (unpaired) electrons.